The predicted molar refractivity (Wildman–Crippen MR) is 75.0 cm³/mol. The molecule has 94 valence electrons. The Morgan fingerprint density at radius 1 is 1.06 bits per heavy atom. The van der Waals surface area contributed by atoms with Crippen molar-refractivity contribution in [1.29, 1.82) is 0 Å². The number of hydrogen-bond acceptors (Lipinski definition) is 3. The summed E-state index contributed by atoms with van der Waals surface area (Å²) in [4.78, 5) is 15.4. The zero-order valence-electron chi connectivity index (χ0n) is 9.78. The van der Waals surface area contributed by atoms with Crippen molar-refractivity contribution in [1.82, 2.24) is 4.98 Å². The second kappa shape index (κ2) is 7.61. The molecule has 0 N–H and O–H groups in total. The van der Waals surface area contributed by atoms with E-state index in [1.165, 1.54) is 0 Å². The van der Waals surface area contributed by atoms with Crippen LogP contribution in [0.2, 0.25) is 0 Å². The second-order valence-electron chi connectivity index (χ2n) is 3.61. The van der Waals surface area contributed by atoms with E-state index in [0.29, 0.717) is 12.2 Å². The maximum atomic E-state index is 11.6. The van der Waals surface area contributed by atoms with Crippen LogP contribution in [0, 0.1) is 0 Å². The summed E-state index contributed by atoms with van der Waals surface area (Å²) >= 11 is 0. The van der Waals surface area contributed by atoms with E-state index in [1.54, 1.807) is 24.5 Å². The number of hydrogen-bond donors (Lipinski definition) is 0. The highest BCUT2D eigenvalue weighted by Crippen LogP contribution is 2.02. The minimum Gasteiger partial charge on any atom is -0.462 e. The molecule has 1 aromatic carbocycles. The molecule has 0 atom stereocenters. The summed E-state index contributed by atoms with van der Waals surface area (Å²) < 4.78 is 5.17. The van der Waals surface area contributed by atoms with Crippen LogP contribution < -0.4 is 0 Å². The second-order valence-corrected chi connectivity index (χ2v) is 3.61. The van der Waals surface area contributed by atoms with Crippen LogP contribution in [0.15, 0.2) is 54.9 Å². The average molecular weight is 308 g/mol. The highest BCUT2D eigenvalue weighted by atomic mass is 79.9. The van der Waals surface area contributed by atoms with Crippen LogP contribution in [-0.2, 0) is 11.2 Å². The molecule has 0 aliphatic carbocycles. The van der Waals surface area contributed by atoms with Crippen molar-refractivity contribution in [3.05, 3.63) is 66.0 Å². The molecule has 0 spiro atoms. The Morgan fingerprint density at radius 2 is 1.72 bits per heavy atom. The predicted octanol–water partition coefficient (Wildman–Crippen LogP) is 3.06. The van der Waals surface area contributed by atoms with Gasteiger partial charge in [-0.05, 0) is 17.7 Å². The maximum absolute atomic E-state index is 11.6. The van der Waals surface area contributed by atoms with Crippen molar-refractivity contribution >= 4 is 23.0 Å². The number of esters is 1. The highest BCUT2D eigenvalue weighted by molar-refractivity contribution is 8.93. The Kier molecular flexibility index (Phi) is 6.08. The smallest absolute Gasteiger partial charge is 0.338 e. The van der Waals surface area contributed by atoms with Gasteiger partial charge in [0.25, 0.3) is 0 Å². The molecule has 4 heteroatoms. The normalized spacial score (nSPS) is 9.33. The average Bonchev–Trinajstić information content (AvgIpc) is 2.41. The van der Waals surface area contributed by atoms with Crippen molar-refractivity contribution in [3.63, 3.8) is 0 Å². The van der Waals surface area contributed by atoms with Gasteiger partial charge in [-0.2, -0.15) is 0 Å². The molecule has 0 amide bonds. The van der Waals surface area contributed by atoms with E-state index < -0.39 is 0 Å². The Balaban J connectivity index is 0.00000162. The van der Waals surface area contributed by atoms with Gasteiger partial charge in [0.05, 0.1) is 12.2 Å². The number of nitrogens with zero attached hydrogens (tertiary/aromatic N) is 1. The number of ether oxygens (including phenoxy) is 1. The highest BCUT2D eigenvalue weighted by Gasteiger charge is 2.05. The third-order valence-electron chi connectivity index (χ3n) is 2.38. The maximum Gasteiger partial charge on any atom is 0.338 e. The zero-order valence-corrected chi connectivity index (χ0v) is 11.5. The molecule has 0 bridgehead atoms. The minimum atomic E-state index is -0.302. The molecule has 1 heterocycles. The third kappa shape index (κ3) is 4.30. The van der Waals surface area contributed by atoms with Gasteiger partial charge in [0.15, 0.2) is 0 Å². The molecule has 2 aromatic rings. The number of benzene rings is 1. The van der Waals surface area contributed by atoms with E-state index in [0.717, 1.165) is 12.0 Å². The Hall–Kier alpha value is -1.68. The summed E-state index contributed by atoms with van der Waals surface area (Å²) in [7, 11) is 0. The number of aromatic nitrogens is 1. The van der Waals surface area contributed by atoms with Gasteiger partial charge < -0.3 is 4.74 Å². The molecule has 18 heavy (non-hydrogen) atoms. The molecule has 1 aromatic heterocycles. The van der Waals surface area contributed by atoms with Crippen molar-refractivity contribution in [3.8, 4) is 0 Å². The van der Waals surface area contributed by atoms with Crippen molar-refractivity contribution in [2.75, 3.05) is 6.61 Å². The number of halogens is 1. The molecular weight excluding hydrogens is 294 g/mol. The molecule has 0 aliphatic rings. The van der Waals surface area contributed by atoms with Gasteiger partial charge in [0.2, 0.25) is 0 Å². The van der Waals surface area contributed by atoms with Crippen LogP contribution in [0.5, 0.6) is 0 Å². The monoisotopic (exact) mass is 307 g/mol. The molecule has 0 radical (unpaired) electrons. The number of pyridine rings is 1. The van der Waals surface area contributed by atoms with Gasteiger partial charge in [-0.3, -0.25) is 4.98 Å². The molecule has 3 nitrogen and oxygen atoms in total. The summed E-state index contributed by atoms with van der Waals surface area (Å²) in [5.74, 6) is -0.302. The van der Waals surface area contributed by atoms with E-state index in [1.807, 2.05) is 30.3 Å². The van der Waals surface area contributed by atoms with Gasteiger partial charge in [-0.1, -0.05) is 30.3 Å². The van der Waals surface area contributed by atoms with Crippen LogP contribution in [-0.4, -0.2) is 17.6 Å². The lowest BCUT2D eigenvalue weighted by atomic mass is 10.2. The van der Waals surface area contributed by atoms with Crippen molar-refractivity contribution in [2.45, 2.75) is 6.42 Å². The summed E-state index contributed by atoms with van der Waals surface area (Å²) in [5, 5.41) is 0. The first-order chi connectivity index (χ1) is 8.36. The van der Waals surface area contributed by atoms with Crippen LogP contribution in [0.3, 0.4) is 0 Å². The lowest BCUT2D eigenvalue weighted by molar-refractivity contribution is 0.0509. The molecule has 0 aliphatic heterocycles. The van der Waals surface area contributed by atoms with Crippen LogP contribution in [0.1, 0.15) is 15.9 Å². The quantitative estimate of drug-likeness (QED) is 0.815. The SMILES string of the molecule is Br.O=C(OCCc1ccccc1)c1ccncc1. The standard InChI is InChI=1S/C14H13NO2.BrH/c16-14(13-6-9-15-10-7-13)17-11-8-12-4-2-1-3-5-12;/h1-7,9-10H,8,11H2;1H. The number of rotatable bonds is 4. The third-order valence-corrected chi connectivity index (χ3v) is 2.38. The van der Waals surface area contributed by atoms with Crippen molar-refractivity contribution in [2.24, 2.45) is 0 Å². The van der Waals surface area contributed by atoms with Crippen LogP contribution in [0.4, 0.5) is 0 Å². The van der Waals surface area contributed by atoms with Crippen LogP contribution in [0.25, 0.3) is 0 Å². The Bertz CT molecular complexity index is 474. The number of carbonyl (C=O) groups excluding carboxylic acids is 1. The lowest BCUT2D eigenvalue weighted by Crippen LogP contribution is -2.08. The molecule has 0 unspecified atom stereocenters. The lowest BCUT2D eigenvalue weighted by Gasteiger charge is -2.04. The van der Waals surface area contributed by atoms with Gasteiger partial charge in [-0.25, -0.2) is 4.79 Å². The zero-order chi connectivity index (χ0) is 11.9. The topological polar surface area (TPSA) is 39.2 Å². The van der Waals surface area contributed by atoms with E-state index in [9.17, 15) is 4.79 Å². The minimum absolute atomic E-state index is 0. The summed E-state index contributed by atoms with van der Waals surface area (Å²) in [6.07, 6.45) is 3.89. The Morgan fingerprint density at radius 3 is 2.39 bits per heavy atom. The fraction of sp³-hybridized carbons (Fsp3) is 0.143. The molecule has 0 saturated carbocycles. The van der Waals surface area contributed by atoms with Crippen LogP contribution >= 0.6 is 17.0 Å². The van der Waals surface area contributed by atoms with Gasteiger partial charge in [0.1, 0.15) is 0 Å². The van der Waals surface area contributed by atoms with E-state index in [2.05, 4.69) is 4.98 Å². The van der Waals surface area contributed by atoms with Gasteiger partial charge in [-0.15, -0.1) is 17.0 Å². The largest absolute Gasteiger partial charge is 0.462 e. The van der Waals surface area contributed by atoms with E-state index >= 15 is 0 Å². The Labute approximate surface area is 117 Å². The first kappa shape index (κ1) is 14.4. The van der Waals surface area contributed by atoms with Crippen molar-refractivity contribution < 1.29 is 9.53 Å². The van der Waals surface area contributed by atoms with E-state index in [-0.39, 0.29) is 23.0 Å². The number of carbonyl (C=O) groups is 1. The summed E-state index contributed by atoms with van der Waals surface area (Å²) in [6.45, 7) is 0.394. The van der Waals surface area contributed by atoms with Gasteiger partial charge >= 0.3 is 5.97 Å². The molecular formula is C14H14BrNO2. The summed E-state index contributed by atoms with van der Waals surface area (Å²) in [5.41, 5.74) is 1.70. The summed E-state index contributed by atoms with van der Waals surface area (Å²) in [6, 6.07) is 13.2. The molecule has 0 fully saturated rings. The first-order valence-corrected chi connectivity index (χ1v) is 5.47. The molecule has 0 saturated heterocycles. The molecule has 2 rings (SSSR count). The first-order valence-electron chi connectivity index (χ1n) is 5.47. The fourth-order valence-corrected chi connectivity index (χ4v) is 1.48. The fourth-order valence-electron chi connectivity index (χ4n) is 1.48. The van der Waals surface area contributed by atoms with E-state index in [4.69, 9.17) is 4.74 Å². The van der Waals surface area contributed by atoms with Gasteiger partial charge in [0, 0.05) is 18.8 Å².